The Morgan fingerprint density at radius 2 is 2.05 bits per heavy atom. The molecule has 2 rings (SSSR count). The minimum atomic E-state index is -0.508. The molecule has 0 bridgehead atoms. The number of hydrogen-bond acceptors (Lipinski definition) is 3. The van der Waals surface area contributed by atoms with Crippen LogP contribution in [0, 0.1) is 5.82 Å². The van der Waals surface area contributed by atoms with E-state index in [0.29, 0.717) is 5.56 Å². The summed E-state index contributed by atoms with van der Waals surface area (Å²) < 4.78 is 31.7. The zero-order valence-corrected chi connectivity index (χ0v) is 11.7. The first kappa shape index (κ1) is 16.1. The Morgan fingerprint density at radius 3 is 2.58 bits per heavy atom. The van der Waals surface area contributed by atoms with Crippen LogP contribution in [0.3, 0.4) is 0 Å². The van der Waals surface area contributed by atoms with E-state index >= 15 is 0 Å². The van der Waals surface area contributed by atoms with E-state index in [2.05, 4.69) is 5.32 Å². The first-order valence-electron chi connectivity index (χ1n) is 6.10. The molecule has 0 saturated carbocycles. The Morgan fingerprint density at radius 1 is 1.37 bits per heavy atom. The van der Waals surface area contributed by atoms with Gasteiger partial charge in [-0.15, -0.1) is 12.4 Å². The number of nitrogens with one attached hydrogen (secondary N) is 1. The molecule has 0 aliphatic carbocycles. The van der Waals surface area contributed by atoms with Gasteiger partial charge in [0.1, 0.15) is 6.67 Å². The van der Waals surface area contributed by atoms with Gasteiger partial charge in [0, 0.05) is 26.2 Å². The maximum atomic E-state index is 13.6. The Hall–Kier alpha value is -0.910. The van der Waals surface area contributed by atoms with Crippen LogP contribution >= 0.6 is 12.4 Å². The number of methoxy groups -OCH3 is 1. The van der Waals surface area contributed by atoms with Gasteiger partial charge in [0.2, 0.25) is 0 Å². The van der Waals surface area contributed by atoms with Gasteiger partial charge >= 0.3 is 0 Å². The van der Waals surface area contributed by atoms with E-state index in [0.717, 1.165) is 26.2 Å². The Kier molecular flexibility index (Phi) is 6.48. The van der Waals surface area contributed by atoms with Gasteiger partial charge in [0.15, 0.2) is 11.6 Å². The summed E-state index contributed by atoms with van der Waals surface area (Å²) in [5, 5.41) is 3.22. The van der Waals surface area contributed by atoms with Gasteiger partial charge in [-0.2, -0.15) is 0 Å². The molecular weight excluding hydrogens is 274 g/mol. The van der Waals surface area contributed by atoms with Crippen LogP contribution in [-0.4, -0.2) is 44.9 Å². The lowest BCUT2D eigenvalue weighted by Gasteiger charge is -2.33. The molecule has 0 unspecified atom stereocenters. The fourth-order valence-electron chi connectivity index (χ4n) is 2.28. The highest BCUT2D eigenvalue weighted by Gasteiger charge is 2.22. The van der Waals surface area contributed by atoms with Crippen LogP contribution in [0.5, 0.6) is 5.75 Å². The summed E-state index contributed by atoms with van der Waals surface area (Å²) in [5.41, 5.74) is 0.665. The van der Waals surface area contributed by atoms with Crippen LogP contribution in [0.25, 0.3) is 0 Å². The number of ether oxygens (including phenoxy) is 1. The molecule has 3 nitrogen and oxygen atoms in total. The molecule has 1 saturated heterocycles. The minimum absolute atomic E-state index is 0. The van der Waals surface area contributed by atoms with Crippen molar-refractivity contribution in [2.45, 2.75) is 6.04 Å². The van der Waals surface area contributed by atoms with E-state index < -0.39 is 12.5 Å². The van der Waals surface area contributed by atoms with E-state index in [-0.39, 0.29) is 24.2 Å². The maximum absolute atomic E-state index is 13.6. The number of hydrogen-bond donors (Lipinski definition) is 1. The molecule has 1 aromatic carbocycles. The fourth-order valence-corrected chi connectivity index (χ4v) is 2.28. The molecule has 108 valence electrons. The molecule has 1 aliphatic heterocycles. The molecule has 1 heterocycles. The molecule has 1 fully saturated rings. The lowest BCUT2D eigenvalue weighted by Crippen LogP contribution is -2.45. The minimum Gasteiger partial charge on any atom is -0.494 e. The van der Waals surface area contributed by atoms with Crippen LogP contribution < -0.4 is 10.1 Å². The van der Waals surface area contributed by atoms with E-state index in [9.17, 15) is 8.78 Å². The average Bonchev–Trinajstić information content (AvgIpc) is 2.41. The van der Waals surface area contributed by atoms with Crippen molar-refractivity contribution in [2.24, 2.45) is 0 Å². The van der Waals surface area contributed by atoms with Gasteiger partial charge in [0.05, 0.1) is 13.2 Å². The average molecular weight is 293 g/mol. The van der Waals surface area contributed by atoms with Crippen molar-refractivity contribution >= 4 is 12.4 Å². The summed E-state index contributed by atoms with van der Waals surface area (Å²) in [6.45, 7) is 2.74. The number of piperazine rings is 1. The van der Waals surface area contributed by atoms with Crippen LogP contribution in [0.4, 0.5) is 8.78 Å². The van der Waals surface area contributed by atoms with E-state index in [4.69, 9.17) is 4.74 Å². The third kappa shape index (κ3) is 3.78. The maximum Gasteiger partial charge on any atom is 0.165 e. The summed E-state index contributed by atoms with van der Waals surface area (Å²) in [6, 6.07) is 4.28. The molecule has 1 aromatic rings. The molecule has 0 aromatic heterocycles. The molecule has 0 radical (unpaired) electrons. The zero-order valence-electron chi connectivity index (χ0n) is 10.9. The van der Waals surface area contributed by atoms with Crippen molar-refractivity contribution in [2.75, 3.05) is 40.0 Å². The highest BCUT2D eigenvalue weighted by molar-refractivity contribution is 5.85. The predicted molar refractivity (Wildman–Crippen MR) is 73.4 cm³/mol. The molecule has 1 atom stereocenters. The number of alkyl halides is 1. The molecule has 6 heteroatoms. The summed E-state index contributed by atoms with van der Waals surface area (Å²) in [6.07, 6.45) is 0. The lowest BCUT2D eigenvalue weighted by molar-refractivity contribution is 0.147. The largest absolute Gasteiger partial charge is 0.494 e. The third-order valence-electron chi connectivity index (χ3n) is 3.30. The van der Waals surface area contributed by atoms with Gasteiger partial charge in [-0.05, 0) is 17.7 Å². The van der Waals surface area contributed by atoms with Crippen molar-refractivity contribution in [3.63, 3.8) is 0 Å². The first-order chi connectivity index (χ1) is 8.76. The number of nitrogens with zero attached hydrogens (tertiary/aromatic N) is 1. The van der Waals surface area contributed by atoms with Crippen molar-refractivity contribution in [1.82, 2.24) is 10.2 Å². The van der Waals surface area contributed by atoms with Crippen LogP contribution in [0.15, 0.2) is 18.2 Å². The second kappa shape index (κ2) is 7.62. The fraction of sp³-hybridized carbons (Fsp3) is 0.538. The Bertz CT molecular complexity index is 400. The van der Waals surface area contributed by atoms with Crippen LogP contribution in [-0.2, 0) is 0 Å². The second-order valence-electron chi connectivity index (χ2n) is 4.35. The van der Waals surface area contributed by atoms with Gasteiger partial charge in [-0.25, -0.2) is 8.78 Å². The highest BCUT2D eigenvalue weighted by atomic mass is 35.5. The standard InChI is InChI=1S/C13H18F2N2O.ClH/c1-18-13-3-2-10(8-11(13)15)12(9-14)17-6-4-16-5-7-17;/h2-3,8,12,16H,4-7,9H2,1H3;1H/t12-;/m1./s1. The van der Waals surface area contributed by atoms with Crippen LogP contribution in [0.2, 0.25) is 0 Å². The Labute approximate surface area is 118 Å². The van der Waals surface area contributed by atoms with E-state index in [1.54, 1.807) is 12.1 Å². The van der Waals surface area contributed by atoms with E-state index in [1.807, 2.05) is 4.90 Å². The van der Waals surface area contributed by atoms with Crippen LogP contribution in [0.1, 0.15) is 11.6 Å². The Balaban J connectivity index is 0.00000180. The van der Waals surface area contributed by atoms with Crippen molar-refractivity contribution < 1.29 is 13.5 Å². The third-order valence-corrected chi connectivity index (χ3v) is 3.30. The molecule has 0 amide bonds. The van der Waals surface area contributed by atoms with Gasteiger partial charge in [-0.1, -0.05) is 6.07 Å². The molecule has 19 heavy (non-hydrogen) atoms. The predicted octanol–water partition coefficient (Wildman–Crippen LogP) is 2.17. The second-order valence-corrected chi connectivity index (χ2v) is 4.35. The topological polar surface area (TPSA) is 24.5 Å². The summed E-state index contributed by atoms with van der Waals surface area (Å²) in [5.74, 6) is -0.250. The molecular formula is C13H19ClF2N2O. The molecule has 1 N–H and O–H groups in total. The first-order valence-corrected chi connectivity index (χ1v) is 6.10. The lowest BCUT2D eigenvalue weighted by atomic mass is 10.1. The zero-order chi connectivity index (χ0) is 13.0. The van der Waals surface area contributed by atoms with Gasteiger partial charge < -0.3 is 10.1 Å². The van der Waals surface area contributed by atoms with Crippen molar-refractivity contribution in [3.05, 3.63) is 29.6 Å². The van der Waals surface area contributed by atoms with Crippen molar-refractivity contribution in [3.8, 4) is 5.75 Å². The number of halogens is 3. The number of benzene rings is 1. The SMILES string of the molecule is COc1ccc([C@@H](CF)N2CCNCC2)cc1F.Cl. The molecule has 1 aliphatic rings. The summed E-state index contributed by atoms with van der Waals surface area (Å²) in [7, 11) is 1.42. The number of rotatable bonds is 4. The van der Waals surface area contributed by atoms with Crippen molar-refractivity contribution in [1.29, 1.82) is 0 Å². The van der Waals surface area contributed by atoms with E-state index in [1.165, 1.54) is 13.2 Å². The monoisotopic (exact) mass is 292 g/mol. The summed E-state index contributed by atoms with van der Waals surface area (Å²) in [4.78, 5) is 2.04. The highest BCUT2D eigenvalue weighted by Crippen LogP contribution is 2.26. The van der Waals surface area contributed by atoms with Gasteiger partial charge in [-0.3, -0.25) is 4.90 Å². The smallest absolute Gasteiger partial charge is 0.165 e. The molecule has 0 spiro atoms. The normalized spacial score (nSPS) is 17.6. The summed E-state index contributed by atoms with van der Waals surface area (Å²) >= 11 is 0. The quantitative estimate of drug-likeness (QED) is 0.920. The van der Waals surface area contributed by atoms with Gasteiger partial charge in [0.25, 0.3) is 0 Å².